The standard InChI is InChI=1S/C38H46N4O6/c1-38(2,3)48-37(46)41-17-15-30(26-10-7-9-25(19-26)27-20-33(36(44)45)39-21-27)32(24-41)35(43)42(29-13-14-29)23-28-22-40(16-8-18-47-4)34-12-6-5-11-31(28)34/h5-7,9-12,19-22,29-30,32,39H,8,13-18,23-24H2,1-4H3,(H,44,45)/t30-,32+/m1/s1. The minimum Gasteiger partial charge on any atom is -0.477 e. The van der Waals surface area contributed by atoms with E-state index >= 15 is 0 Å². The maximum atomic E-state index is 14.9. The molecule has 48 heavy (non-hydrogen) atoms. The number of rotatable bonds is 11. The predicted octanol–water partition coefficient (Wildman–Crippen LogP) is 6.90. The lowest BCUT2D eigenvalue weighted by Gasteiger charge is -2.40. The Kier molecular flexibility index (Phi) is 9.64. The zero-order chi connectivity index (χ0) is 34.0. The fraction of sp³-hybridized carbons (Fsp3) is 0.447. The molecule has 3 heterocycles. The van der Waals surface area contributed by atoms with Crippen LogP contribution in [0.25, 0.3) is 22.0 Å². The quantitative estimate of drug-likeness (QED) is 0.170. The Morgan fingerprint density at radius 1 is 1.02 bits per heavy atom. The Bertz CT molecular complexity index is 1780. The first-order valence-corrected chi connectivity index (χ1v) is 16.9. The Morgan fingerprint density at radius 2 is 1.81 bits per heavy atom. The summed E-state index contributed by atoms with van der Waals surface area (Å²) in [4.78, 5) is 46.2. The van der Waals surface area contributed by atoms with Crippen LogP contribution in [0.1, 0.15) is 74.0 Å². The highest BCUT2D eigenvalue weighted by atomic mass is 16.6. The van der Waals surface area contributed by atoms with Crippen LogP contribution in [0.4, 0.5) is 4.79 Å². The maximum Gasteiger partial charge on any atom is 0.410 e. The van der Waals surface area contributed by atoms with E-state index < -0.39 is 23.6 Å². The highest BCUT2D eigenvalue weighted by molar-refractivity contribution is 5.88. The maximum absolute atomic E-state index is 14.9. The van der Waals surface area contributed by atoms with Crippen molar-refractivity contribution in [2.45, 2.75) is 77.1 Å². The third-order valence-electron chi connectivity index (χ3n) is 9.37. The number of likely N-dealkylation sites (tertiary alicyclic amines) is 1. The molecule has 254 valence electrons. The van der Waals surface area contributed by atoms with E-state index in [0.29, 0.717) is 26.1 Å². The van der Waals surface area contributed by atoms with Crippen molar-refractivity contribution in [3.63, 3.8) is 0 Å². The second-order valence-electron chi connectivity index (χ2n) is 14.1. The van der Waals surface area contributed by atoms with Gasteiger partial charge in [0.2, 0.25) is 5.91 Å². The molecule has 2 fully saturated rings. The van der Waals surface area contributed by atoms with Gasteiger partial charge in [0.05, 0.1) is 5.92 Å². The van der Waals surface area contributed by atoms with Crippen LogP contribution in [0.15, 0.2) is 67.0 Å². The minimum absolute atomic E-state index is 0.0483. The Labute approximate surface area is 281 Å². The number of carboxylic acids is 1. The number of para-hydroxylation sites is 1. The number of fused-ring (bicyclic) bond motifs is 1. The number of methoxy groups -OCH3 is 1. The van der Waals surface area contributed by atoms with Gasteiger partial charge in [0.1, 0.15) is 11.3 Å². The monoisotopic (exact) mass is 654 g/mol. The number of carbonyl (C=O) groups is 3. The van der Waals surface area contributed by atoms with Crippen molar-refractivity contribution in [2.75, 3.05) is 26.8 Å². The van der Waals surface area contributed by atoms with Gasteiger partial charge in [-0.05, 0) is 81.2 Å². The molecule has 2 amide bonds. The number of aromatic amines is 1. The molecule has 2 aromatic heterocycles. The third kappa shape index (κ3) is 7.44. The van der Waals surface area contributed by atoms with Gasteiger partial charge >= 0.3 is 12.1 Å². The van der Waals surface area contributed by atoms with Crippen LogP contribution in [0.5, 0.6) is 0 Å². The number of carboxylic acid groups (broad SMARTS) is 1. The normalized spacial score (nSPS) is 18.2. The van der Waals surface area contributed by atoms with E-state index in [2.05, 4.69) is 33.9 Å². The summed E-state index contributed by atoms with van der Waals surface area (Å²) in [7, 11) is 1.71. The molecule has 2 N–H and O–H groups in total. The molecule has 2 aliphatic rings. The number of nitrogens with zero attached hydrogens (tertiary/aromatic N) is 3. The van der Waals surface area contributed by atoms with E-state index in [1.807, 2.05) is 56.0 Å². The molecule has 6 rings (SSSR count). The summed E-state index contributed by atoms with van der Waals surface area (Å²) in [5, 5.41) is 10.6. The van der Waals surface area contributed by atoms with Crippen LogP contribution in [0, 0.1) is 5.92 Å². The number of piperidine rings is 1. The summed E-state index contributed by atoms with van der Waals surface area (Å²) < 4.78 is 13.3. The van der Waals surface area contributed by atoms with E-state index in [1.54, 1.807) is 24.3 Å². The molecule has 10 nitrogen and oxygen atoms in total. The molecule has 2 aromatic carbocycles. The van der Waals surface area contributed by atoms with Crippen molar-refractivity contribution in [3.05, 3.63) is 83.8 Å². The van der Waals surface area contributed by atoms with Gasteiger partial charge in [-0.25, -0.2) is 9.59 Å². The van der Waals surface area contributed by atoms with Crippen molar-refractivity contribution >= 4 is 28.9 Å². The molecule has 4 aromatic rings. The second kappa shape index (κ2) is 13.9. The van der Waals surface area contributed by atoms with Gasteiger partial charge in [-0.15, -0.1) is 0 Å². The summed E-state index contributed by atoms with van der Waals surface area (Å²) >= 11 is 0. The molecular weight excluding hydrogens is 608 g/mol. The lowest BCUT2D eigenvalue weighted by atomic mass is 9.79. The number of aromatic carboxylic acids is 1. The van der Waals surface area contributed by atoms with Gasteiger partial charge in [0.15, 0.2) is 0 Å². The Morgan fingerprint density at radius 3 is 2.52 bits per heavy atom. The van der Waals surface area contributed by atoms with Crippen LogP contribution in [-0.2, 0) is 27.4 Å². The third-order valence-corrected chi connectivity index (χ3v) is 9.37. The van der Waals surface area contributed by atoms with E-state index in [4.69, 9.17) is 9.47 Å². The summed E-state index contributed by atoms with van der Waals surface area (Å²) in [5.74, 6) is -1.58. The molecule has 10 heteroatoms. The van der Waals surface area contributed by atoms with E-state index in [-0.39, 0.29) is 30.1 Å². The van der Waals surface area contributed by atoms with Gasteiger partial charge in [-0.3, -0.25) is 4.79 Å². The summed E-state index contributed by atoms with van der Waals surface area (Å²) in [6.07, 6.45) is 6.88. The molecular formula is C38H46N4O6. The zero-order valence-corrected chi connectivity index (χ0v) is 28.3. The van der Waals surface area contributed by atoms with Crippen molar-refractivity contribution in [3.8, 4) is 11.1 Å². The molecule has 0 bridgehead atoms. The molecule has 1 aliphatic heterocycles. The van der Waals surface area contributed by atoms with Gasteiger partial charge in [0.25, 0.3) is 0 Å². The number of ether oxygens (including phenoxy) is 2. The molecule has 1 saturated carbocycles. The van der Waals surface area contributed by atoms with Crippen LogP contribution in [-0.4, -0.2) is 80.9 Å². The predicted molar refractivity (Wildman–Crippen MR) is 184 cm³/mol. The number of aryl methyl sites for hydroxylation is 1. The van der Waals surface area contributed by atoms with Crippen molar-refractivity contribution in [2.24, 2.45) is 5.92 Å². The van der Waals surface area contributed by atoms with Crippen LogP contribution in [0.3, 0.4) is 0 Å². The van der Waals surface area contributed by atoms with Crippen molar-refractivity contribution in [1.29, 1.82) is 0 Å². The SMILES string of the molecule is COCCCn1cc(CN(C(=O)[C@H]2CN(C(=O)OC(C)(C)C)CC[C@@H]2c2cccc(-c3c[nH]c(C(=O)O)c3)c2)C2CC2)c2ccccc21. The summed E-state index contributed by atoms with van der Waals surface area (Å²) in [5.41, 5.74) is 4.37. The van der Waals surface area contributed by atoms with Crippen molar-refractivity contribution < 1.29 is 29.0 Å². The van der Waals surface area contributed by atoms with Crippen LogP contribution in [0.2, 0.25) is 0 Å². The number of hydrogen-bond acceptors (Lipinski definition) is 5. The zero-order valence-electron chi connectivity index (χ0n) is 28.3. The first-order chi connectivity index (χ1) is 23.0. The number of benzene rings is 2. The molecule has 2 atom stereocenters. The first kappa shape index (κ1) is 33.3. The van der Waals surface area contributed by atoms with Gasteiger partial charge in [0, 0.05) is 74.8 Å². The fourth-order valence-electron chi connectivity index (χ4n) is 6.91. The smallest absolute Gasteiger partial charge is 0.410 e. The number of aromatic nitrogens is 2. The van der Waals surface area contributed by atoms with Crippen LogP contribution >= 0.6 is 0 Å². The number of hydrogen-bond donors (Lipinski definition) is 2. The average molecular weight is 655 g/mol. The molecule has 0 unspecified atom stereocenters. The van der Waals surface area contributed by atoms with E-state index in [0.717, 1.165) is 59.0 Å². The lowest BCUT2D eigenvalue weighted by molar-refractivity contribution is -0.139. The molecule has 0 spiro atoms. The Hall–Kier alpha value is -4.57. The molecule has 0 radical (unpaired) electrons. The largest absolute Gasteiger partial charge is 0.477 e. The highest BCUT2D eigenvalue weighted by Crippen LogP contribution is 2.40. The number of carbonyl (C=O) groups excluding carboxylic acids is 2. The minimum atomic E-state index is -1.02. The second-order valence-corrected chi connectivity index (χ2v) is 14.1. The number of amides is 2. The Balaban J connectivity index is 1.32. The fourth-order valence-corrected chi connectivity index (χ4v) is 6.91. The van der Waals surface area contributed by atoms with Crippen LogP contribution < -0.4 is 0 Å². The van der Waals surface area contributed by atoms with E-state index in [9.17, 15) is 19.5 Å². The number of H-pyrrole nitrogens is 1. The highest BCUT2D eigenvalue weighted by Gasteiger charge is 2.43. The summed E-state index contributed by atoms with van der Waals surface area (Å²) in [6, 6.07) is 18.1. The molecule has 1 aliphatic carbocycles. The van der Waals surface area contributed by atoms with Crippen molar-refractivity contribution in [1.82, 2.24) is 19.4 Å². The topological polar surface area (TPSA) is 117 Å². The van der Waals surface area contributed by atoms with Gasteiger partial charge < -0.3 is 33.9 Å². The van der Waals surface area contributed by atoms with E-state index in [1.165, 1.54) is 0 Å². The lowest BCUT2D eigenvalue weighted by Crippen LogP contribution is -2.51. The summed E-state index contributed by atoms with van der Waals surface area (Å²) in [6.45, 7) is 8.29. The number of nitrogens with one attached hydrogen (secondary N) is 1. The first-order valence-electron chi connectivity index (χ1n) is 16.9. The average Bonchev–Trinajstić information content (AvgIpc) is 3.67. The van der Waals surface area contributed by atoms with Gasteiger partial charge in [-0.2, -0.15) is 0 Å². The van der Waals surface area contributed by atoms with Gasteiger partial charge in [-0.1, -0.05) is 42.5 Å². The molecule has 1 saturated heterocycles.